The van der Waals surface area contributed by atoms with Crippen LogP contribution in [0, 0.1) is 0 Å². The smallest absolute Gasteiger partial charge is 0.355 e. The maximum absolute atomic E-state index is 13.0. The summed E-state index contributed by atoms with van der Waals surface area (Å²) >= 11 is 0. The summed E-state index contributed by atoms with van der Waals surface area (Å²) in [5.74, 6) is -0.687. The number of carbonyl (C=O) groups excluding carboxylic acids is 1. The van der Waals surface area contributed by atoms with Gasteiger partial charge in [-0.2, -0.15) is 13.2 Å². The van der Waals surface area contributed by atoms with Crippen molar-refractivity contribution in [2.24, 2.45) is 0 Å². The molecular weight excluding hydrogens is 293 g/mol. The van der Waals surface area contributed by atoms with Crippen molar-refractivity contribution in [3.8, 4) is 0 Å². The second-order valence-electron chi connectivity index (χ2n) is 5.79. The molecule has 0 radical (unpaired) electrons. The second-order valence-corrected chi connectivity index (χ2v) is 5.79. The minimum absolute atomic E-state index is 0.0554. The fourth-order valence-electron chi connectivity index (χ4n) is 2.81. The quantitative estimate of drug-likeness (QED) is 0.877. The highest BCUT2D eigenvalue weighted by Gasteiger charge is 2.34. The van der Waals surface area contributed by atoms with Crippen molar-refractivity contribution < 1.29 is 18.0 Å². The van der Waals surface area contributed by atoms with Crippen LogP contribution in [-0.4, -0.2) is 25.0 Å². The first-order valence-corrected chi connectivity index (χ1v) is 7.54. The first kappa shape index (κ1) is 16.8. The van der Waals surface area contributed by atoms with Crippen LogP contribution in [0.5, 0.6) is 0 Å². The van der Waals surface area contributed by atoms with Gasteiger partial charge in [-0.25, -0.2) is 0 Å². The Morgan fingerprint density at radius 1 is 1.41 bits per heavy atom. The number of hydrogen-bond donors (Lipinski definition) is 2. The Balaban J connectivity index is 1.94. The van der Waals surface area contributed by atoms with Gasteiger partial charge in [-0.1, -0.05) is 25.1 Å². The number of amides is 1. The van der Waals surface area contributed by atoms with Gasteiger partial charge in [0.15, 0.2) is 0 Å². The van der Waals surface area contributed by atoms with Crippen LogP contribution in [0.15, 0.2) is 24.3 Å². The van der Waals surface area contributed by atoms with E-state index in [1.165, 1.54) is 12.1 Å². The van der Waals surface area contributed by atoms with E-state index < -0.39 is 17.7 Å². The first-order valence-electron chi connectivity index (χ1n) is 7.54. The highest BCUT2D eigenvalue weighted by molar-refractivity contribution is 5.77. The number of nitrogens with one attached hydrogen (secondary N) is 2. The number of benzene rings is 1. The monoisotopic (exact) mass is 314 g/mol. The molecule has 122 valence electrons. The normalized spacial score (nSPS) is 19.9. The molecule has 22 heavy (non-hydrogen) atoms. The van der Waals surface area contributed by atoms with E-state index in [-0.39, 0.29) is 23.9 Å². The van der Waals surface area contributed by atoms with Gasteiger partial charge in [0, 0.05) is 19.0 Å². The molecule has 0 saturated carbocycles. The third-order valence-corrected chi connectivity index (χ3v) is 4.00. The van der Waals surface area contributed by atoms with Gasteiger partial charge in [-0.05, 0) is 36.9 Å². The summed E-state index contributed by atoms with van der Waals surface area (Å²) in [6.07, 6.45) is -2.22. The molecule has 1 aromatic carbocycles. The van der Waals surface area contributed by atoms with Crippen molar-refractivity contribution in [2.75, 3.05) is 13.1 Å². The van der Waals surface area contributed by atoms with Crippen LogP contribution in [-0.2, 0) is 11.0 Å². The molecule has 3 nitrogen and oxygen atoms in total. The van der Waals surface area contributed by atoms with Gasteiger partial charge in [-0.3, -0.25) is 4.79 Å². The lowest BCUT2D eigenvalue weighted by Crippen LogP contribution is -2.37. The Morgan fingerprint density at radius 3 is 2.77 bits per heavy atom. The molecule has 1 aliphatic rings. The van der Waals surface area contributed by atoms with E-state index in [0.717, 1.165) is 25.5 Å². The highest BCUT2D eigenvalue weighted by Crippen LogP contribution is 2.35. The van der Waals surface area contributed by atoms with Crippen LogP contribution in [0.25, 0.3) is 0 Å². The third kappa shape index (κ3) is 4.47. The molecule has 0 aromatic heterocycles. The fraction of sp³-hybridized carbons (Fsp3) is 0.562. The first-order chi connectivity index (χ1) is 10.4. The molecule has 6 heteroatoms. The van der Waals surface area contributed by atoms with Gasteiger partial charge in [0.25, 0.3) is 0 Å². The van der Waals surface area contributed by atoms with E-state index >= 15 is 0 Å². The van der Waals surface area contributed by atoms with E-state index in [1.807, 2.05) is 0 Å². The van der Waals surface area contributed by atoms with Gasteiger partial charge in [-0.15, -0.1) is 0 Å². The standard InChI is InChI=1S/C16H21F3N2O/c1-11(9-15(22)21-10-12-5-4-8-20-12)13-6-2-3-7-14(13)16(17,18)19/h2-3,6-7,11-12,20H,4-5,8-10H2,1H3,(H,21,22). The molecule has 1 aliphatic heterocycles. The topological polar surface area (TPSA) is 41.1 Å². The molecule has 1 fully saturated rings. The Labute approximate surface area is 128 Å². The summed E-state index contributed by atoms with van der Waals surface area (Å²) < 4.78 is 39.0. The Bertz CT molecular complexity index is 510. The highest BCUT2D eigenvalue weighted by atomic mass is 19.4. The molecule has 2 N–H and O–H groups in total. The summed E-state index contributed by atoms with van der Waals surface area (Å²) in [5, 5.41) is 6.06. The number of hydrogen-bond acceptors (Lipinski definition) is 2. The van der Waals surface area contributed by atoms with E-state index in [9.17, 15) is 18.0 Å². The molecule has 0 aliphatic carbocycles. The maximum Gasteiger partial charge on any atom is 0.416 e. The van der Waals surface area contributed by atoms with Crippen LogP contribution in [0.4, 0.5) is 13.2 Å². The van der Waals surface area contributed by atoms with Gasteiger partial charge in [0.1, 0.15) is 0 Å². The van der Waals surface area contributed by atoms with E-state index in [2.05, 4.69) is 10.6 Å². The number of carbonyl (C=O) groups is 1. The lowest BCUT2D eigenvalue weighted by atomic mass is 9.92. The van der Waals surface area contributed by atoms with Crippen LogP contribution < -0.4 is 10.6 Å². The molecule has 2 rings (SSSR count). The predicted molar refractivity (Wildman–Crippen MR) is 78.5 cm³/mol. The predicted octanol–water partition coefficient (Wildman–Crippen LogP) is 3.07. The summed E-state index contributed by atoms with van der Waals surface area (Å²) in [7, 11) is 0. The third-order valence-electron chi connectivity index (χ3n) is 4.00. The lowest BCUT2D eigenvalue weighted by molar-refractivity contribution is -0.138. The SMILES string of the molecule is CC(CC(=O)NCC1CCCN1)c1ccccc1C(F)(F)F. The summed E-state index contributed by atoms with van der Waals surface area (Å²) in [6, 6.07) is 5.72. The second kappa shape index (κ2) is 7.13. The summed E-state index contributed by atoms with van der Waals surface area (Å²) in [4.78, 5) is 11.9. The molecule has 1 saturated heterocycles. The zero-order chi connectivity index (χ0) is 16.2. The Hall–Kier alpha value is -1.56. The van der Waals surface area contributed by atoms with Crippen LogP contribution in [0.3, 0.4) is 0 Å². The van der Waals surface area contributed by atoms with Crippen LogP contribution in [0.2, 0.25) is 0 Å². The number of halogens is 3. The van der Waals surface area contributed by atoms with Crippen LogP contribution in [0.1, 0.15) is 43.2 Å². The molecule has 0 spiro atoms. The lowest BCUT2D eigenvalue weighted by Gasteiger charge is -2.18. The van der Waals surface area contributed by atoms with Crippen LogP contribution >= 0.6 is 0 Å². The fourth-order valence-corrected chi connectivity index (χ4v) is 2.81. The molecule has 1 amide bonds. The maximum atomic E-state index is 13.0. The number of alkyl halides is 3. The Kier molecular flexibility index (Phi) is 5.45. The molecule has 1 aromatic rings. The van der Waals surface area contributed by atoms with E-state index in [4.69, 9.17) is 0 Å². The van der Waals surface area contributed by atoms with Crippen molar-refractivity contribution in [3.05, 3.63) is 35.4 Å². The van der Waals surface area contributed by atoms with Crippen molar-refractivity contribution in [2.45, 2.75) is 44.3 Å². The average molecular weight is 314 g/mol. The number of rotatable bonds is 5. The minimum atomic E-state index is -4.39. The van der Waals surface area contributed by atoms with Crippen molar-refractivity contribution in [1.29, 1.82) is 0 Å². The zero-order valence-electron chi connectivity index (χ0n) is 12.5. The van der Waals surface area contributed by atoms with E-state index in [1.54, 1.807) is 13.0 Å². The molecule has 2 unspecified atom stereocenters. The van der Waals surface area contributed by atoms with Gasteiger partial charge in [0.05, 0.1) is 5.56 Å². The van der Waals surface area contributed by atoms with Crippen molar-refractivity contribution in [3.63, 3.8) is 0 Å². The molecule has 1 heterocycles. The minimum Gasteiger partial charge on any atom is -0.355 e. The molecular formula is C16H21F3N2O. The van der Waals surface area contributed by atoms with Gasteiger partial charge < -0.3 is 10.6 Å². The molecule has 0 bridgehead atoms. The molecule has 2 atom stereocenters. The summed E-state index contributed by atoms with van der Waals surface area (Å²) in [5.41, 5.74) is -0.489. The van der Waals surface area contributed by atoms with Crippen molar-refractivity contribution >= 4 is 5.91 Å². The van der Waals surface area contributed by atoms with Crippen molar-refractivity contribution in [1.82, 2.24) is 10.6 Å². The van der Waals surface area contributed by atoms with Gasteiger partial charge >= 0.3 is 6.18 Å². The Morgan fingerprint density at radius 2 is 2.14 bits per heavy atom. The summed E-state index contributed by atoms with van der Waals surface area (Å²) in [6.45, 7) is 3.14. The zero-order valence-corrected chi connectivity index (χ0v) is 12.5. The van der Waals surface area contributed by atoms with Gasteiger partial charge in [0.2, 0.25) is 5.91 Å². The largest absolute Gasteiger partial charge is 0.416 e. The average Bonchev–Trinajstić information content (AvgIpc) is 2.97. The van der Waals surface area contributed by atoms with E-state index in [0.29, 0.717) is 6.54 Å².